The van der Waals surface area contributed by atoms with Gasteiger partial charge in [-0.1, -0.05) is 29.8 Å². The van der Waals surface area contributed by atoms with E-state index in [0.717, 1.165) is 17.8 Å². The number of aromatic nitrogens is 2. The smallest absolute Gasteiger partial charge is 0.0524 e. The molecule has 14 heavy (non-hydrogen) atoms. The summed E-state index contributed by atoms with van der Waals surface area (Å²) in [5.41, 5.74) is 1.85. The second-order valence-electron chi connectivity index (χ2n) is 4.69. The third-order valence-corrected chi connectivity index (χ3v) is 4.25. The zero-order valence-corrected chi connectivity index (χ0v) is 10.6. The molecule has 1 aliphatic carbocycles. The van der Waals surface area contributed by atoms with Crippen molar-refractivity contribution >= 4 is 15.9 Å². The van der Waals surface area contributed by atoms with Gasteiger partial charge in [0.2, 0.25) is 0 Å². The second-order valence-corrected chi connectivity index (χ2v) is 5.34. The molecule has 1 aromatic heterocycles. The molecule has 1 fully saturated rings. The molecule has 2 rings (SSSR count). The van der Waals surface area contributed by atoms with Crippen LogP contribution in [-0.4, -0.2) is 15.1 Å². The van der Waals surface area contributed by atoms with E-state index in [1.807, 2.05) is 10.9 Å². The van der Waals surface area contributed by atoms with Gasteiger partial charge in [-0.2, -0.15) is 5.10 Å². The van der Waals surface area contributed by atoms with Crippen LogP contribution in [0.1, 0.15) is 32.3 Å². The molecule has 0 aliphatic heterocycles. The molecule has 2 atom stereocenters. The van der Waals surface area contributed by atoms with Gasteiger partial charge < -0.3 is 0 Å². The van der Waals surface area contributed by atoms with Crippen LogP contribution < -0.4 is 0 Å². The van der Waals surface area contributed by atoms with Gasteiger partial charge in [-0.05, 0) is 29.7 Å². The summed E-state index contributed by atoms with van der Waals surface area (Å²) in [4.78, 5) is 0. The fourth-order valence-electron chi connectivity index (χ4n) is 2.41. The van der Waals surface area contributed by atoms with E-state index in [9.17, 15) is 0 Å². The summed E-state index contributed by atoms with van der Waals surface area (Å²) >= 11 is 3.59. The molecule has 0 spiro atoms. The van der Waals surface area contributed by atoms with E-state index in [0.29, 0.717) is 11.3 Å². The Kier molecular flexibility index (Phi) is 2.46. The first kappa shape index (κ1) is 10.2. The number of rotatable bonds is 3. The van der Waals surface area contributed by atoms with Gasteiger partial charge in [0.05, 0.1) is 6.20 Å². The van der Waals surface area contributed by atoms with Gasteiger partial charge in [0.1, 0.15) is 0 Å². The number of nitrogens with zero attached hydrogens (tertiary/aromatic N) is 2. The Morgan fingerprint density at radius 3 is 2.71 bits per heavy atom. The van der Waals surface area contributed by atoms with Crippen LogP contribution in [0.2, 0.25) is 0 Å². The van der Waals surface area contributed by atoms with Crippen molar-refractivity contribution in [1.82, 2.24) is 9.78 Å². The molecule has 0 N–H and O–H groups in total. The summed E-state index contributed by atoms with van der Waals surface area (Å²) in [6.45, 7) is 7.77. The van der Waals surface area contributed by atoms with Crippen molar-refractivity contribution < 1.29 is 0 Å². The van der Waals surface area contributed by atoms with Crippen molar-refractivity contribution in [2.24, 2.45) is 11.3 Å². The monoisotopic (exact) mass is 256 g/mol. The summed E-state index contributed by atoms with van der Waals surface area (Å²) in [6, 6.07) is 0. The number of alkyl halides is 1. The molecule has 0 aromatic carbocycles. The van der Waals surface area contributed by atoms with Gasteiger partial charge >= 0.3 is 0 Å². The maximum atomic E-state index is 4.33. The van der Waals surface area contributed by atoms with Crippen LogP contribution >= 0.6 is 15.9 Å². The summed E-state index contributed by atoms with van der Waals surface area (Å²) < 4.78 is 2.01. The van der Waals surface area contributed by atoms with Gasteiger partial charge in [-0.3, -0.25) is 4.68 Å². The minimum absolute atomic E-state index is 0.450. The van der Waals surface area contributed by atoms with Crippen molar-refractivity contribution in [2.45, 2.75) is 33.2 Å². The molecule has 1 heterocycles. The van der Waals surface area contributed by atoms with E-state index < -0.39 is 0 Å². The van der Waals surface area contributed by atoms with Crippen LogP contribution in [0.5, 0.6) is 0 Å². The minimum Gasteiger partial charge on any atom is -0.273 e. The fraction of sp³-hybridized carbons (Fsp3) is 0.727. The van der Waals surface area contributed by atoms with Gasteiger partial charge in [-0.15, -0.1) is 0 Å². The van der Waals surface area contributed by atoms with Crippen molar-refractivity contribution in [3.05, 3.63) is 18.0 Å². The van der Waals surface area contributed by atoms with E-state index in [4.69, 9.17) is 0 Å². The van der Waals surface area contributed by atoms with Crippen molar-refractivity contribution in [2.75, 3.05) is 5.33 Å². The Labute approximate surface area is 93.8 Å². The number of hydrogen-bond acceptors (Lipinski definition) is 1. The van der Waals surface area contributed by atoms with Crippen LogP contribution in [0.4, 0.5) is 0 Å². The maximum Gasteiger partial charge on any atom is 0.0524 e. The highest BCUT2D eigenvalue weighted by Gasteiger charge is 2.57. The number of halogens is 1. The quantitative estimate of drug-likeness (QED) is 0.761. The topological polar surface area (TPSA) is 17.8 Å². The molecule has 0 bridgehead atoms. The molecular formula is C11H17BrN2. The largest absolute Gasteiger partial charge is 0.273 e. The van der Waals surface area contributed by atoms with Crippen LogP contribution in [0.15, 0.2) is 12.4 Å². The van der Waals surface area contributed by atoms with Crippen molar-refractivity contribution in [3.8, 4) is 0 Å². The lowest BCUT2D eigenvalue weighted by molar-refractivity contribution is 0.579. The highest BCUT2D eigenvalue weighted by Crippen LogP contribution is 2.64. The van der Waals surface area contributed by atoms with E-state index in [-0.39, 0.29) is 0 Å². The van der Waals surface area contributed by atoms with Crippen molar-refractivity contribution in [1.29, 1.82) is 0 Å². The van der Waals surface area contributed by atoms with E-state index in [1.165, 1.54) is 5.56 Å². The first-order valence-corrected chi connectivity index (χ1v) is 6.31. The number of aryl methyl sites for hydroxylation is 1. The zero-order valence-electron chi connectivity index (χ0n) is 9.00. The third kappa shape index (κ3) is 1.42. The molecule has 1 aromatic rings. The van der Waals surface area contributed by atoms with Gasteiger partial charge in [0.25, 0.3) is 0 Å². The molecule has 0 radical (unpaired) electrons. The Morgan fingerprint density at radius 1 is 1.57 bits per heavy atom. The zero-order chi connectivity index (χ0) is 10.3. The molecule has 78 valence electrons. The van der Waals surface area contributed by atoms with Crippen LogP contribution in [-0.2, 0) is 6.54 Å². The standard InChI is InChI=1S/C11H17BrN2/c1-4-14-7-8(6-13-14)10-9(5-12)11(10,2)3/h6-7,9-10H,4-5H2,1-3H3. The molecule has 0 amide bonds. The molecule has 2 nitrogen and oxygen atoms in total. The SMILES string of the molecule is CCn1cc(C2C(CBr)C2(C)C)cn1. The van der Waals surface area contributed by atoms with Crippen LogP contribution in [0, 0.1) is 11.3 Å². The fourth-order valence-corrected chi connectivity index (χ4v) is 3.62. The van der Waals surface area contributed by atoms with Crippen LogP contribution in [0.25, 0.3) is 0 Å². The van der Waals surface area contributed by atoms with E-state index >= 15 is 0 Å². The summed E-state index contributed by atoms with van der Waals surface area (Å²) in [5.74, 6) is 1.47. The van der Waals surface area contributed by atoms with Crippen molar-refractivity contribution in [3.63, 3.8) is 0 Å². The predicted octanol–water partition coefficient (Wildman–Crippen LogP) is 3.04. The first-order valence-electron chi connectivity index (χ1n) is 5.19. The average Bonchev–Trinajstić information content (AvgIpc) is 2.55. The molecule has 1 aliphatic rings. The maximum absolute atomic E-state index is 4.33. The third-order valence-electron chi connectivity index (χ3n) is 3.55. The summed E-state index contributed by atoms with van der Waals surface area (Å²) in [6.07, 6.45) is 4.22. The van der Waals surface area contributed by atoms with Gasteiger partial charge in [0, 0.05) is 18.1 Å². The lowest BCUT2D eigenvalue weighted by Crippen LogP contribution is -1.92. The van der Waals surface area contributed by atoms with E-state index in [2.05, 4.69) is 48.0 Å². The molecule has 2 unspecified atom stereocenters. The average molecular weight is 257 g/mol. The predicted molar refractivity (Wildman–Crippen MR) is 61.7 cm³/mol. The normalized spacial score (nSPS) is 29.1. The lowest BCUT2D eigenvalue weighted by atomic mass is 10.1. The minimum atomic E-state index is 0.450. The number of hydrogen-bond donors (Lipinski definition) is 0. The Bertz CT molecular complexity index is 330. The highest BCUT2D eigenvalue weighted by molar-refractivity contribution is 9.09. The van der Waals surface area contributed by atoms with Crippen LogP contribution in [0.3, 0.4) is 0 Å². The Balaban J connectivity index is 2.18. The Hall–Kier alpha value is -0.310. The molecule has 1 saturated carbocycles. The van der Waals surface area contributed by atoms with E-state index in [1.54, 1.807) is 0 Å². The molecule has 0 saturated heterocycles. The summed E-state index contributed by atoms with van der Waals surface area (Å²) in [7, 11) is 0. The lowest BCUT2D eigenvalue weighted by Gasteiger charge is -1.98. The molecular weight excluding hydrogens is 240 g/mol. The first-order chi connectivity index (χ1) is 6.61. The summed E-state index contributed by atoms with van der Waals surface area (Å²) in [5, 5.41) is 5.43. The second kappa shape index (κ2) is 3.37. The van der Waals surface area contributed by atoms with Gasteiger partial charge in [-0.25, -0.2) is 0 Å². The highest BCUT2D eigenvalue weighted by atomic mass is 79.9. The Morgan fingerprint density at radius 2 is 2.29 bits per heavy atom. The van der Waals surface area contributed by atoms with Gasteiger partial charge in [0.15, 0.2) is 0 Å². The molecule has 3 heteroatoms.